The number of benzene rings is 1. The Kier molecular flexibility index (Phi) is 5.10. The van der Waals surface area contributed by atoms with Crippen molar-refractivity contribution in [3.63, 3.8) is 0 Å². The minimum absolute atomic E-state index is 0.0115. The van der Waals surface area contributed by atoms with E-state index in [1.807, 2.05) is 48.2 Å². The highest BCUT2D eigenvalue weighted by molar-refractivity contribution is 5.90. The SMILES string of the molecule is Cc1nc(Oc2ccccc2)cc(N2CCN(C(=O)C3CCC(=O)N3)CC2)n1. The van der Waals surface area contributed by atoms with E-state index in [1.54, 1.807) is 0 Å². The molecule has 1 aromatic carbocycles. The fourth-order valence-corrected chi connectivity index (χ4v) is 3.52. The number of carbonyl (C=O) groups excluding carboxylic acids is 2. The molecule has 8 heteroatoms. The second-order valence-electron chi connectivity index (χ2n) is 7.00. The lowest BCUT2D eigenvalue weighted by atomic mass is 10.2. The van der Waals surface area contributed by atoms with Crippen LogP contribution in [0.4, 0.5) is 5.82 Å². The minimum Gasteiger partial charge on any atom is -0.439 e. The molecule has 1 aromatic heterocycles. The summed E-state index contributed by atoms with van der Waals surface area (Å²) in [6.07, 6.45) is 1.02. The molecule has 0 bridgehead atoms. The standard InChI is InChI=1S/C20H23N5O3/c1-14-21-17(13-19(22-14)28-15-5-3-2-4-6-15)24-9-11-25(12-10-24)20(27)16-7-8-18(26)23-16/h2-6,13,16H,7-12H2,1H3,(H,23,26). The molecule has 8 nitrogen and oxygen atoms in total. The van der Waals surface area contributed by atoms with Crippen molar-refractivity contribution >= 4 is 17.6 Å². The van der Waals surface area contributed by atoms with Crippen molar-refractivity contribution < 1.29 is 14.3 Å². The number of piperazine rings is 1. The van der Waals surface area contributed by atoms with Gasteiger partial charge in [0.25, 0.3) is 0 Å². The van der Waals surface area contributed by atoms with Crippen LogP contribution >= 0.6 is 0 Å². The van der Waals surface area contributed by atoms with Gasteiger partial charge in [0.1, 0.15) is 23.4 Å². The first-order chi connectivity index (χ1) is 13.6. The monoisotopic (exact) mass is 381 g/mol. The predicted octanol–water partition coefficient (Wildman–Crippen LogP) is 1.50. The zero-order valence-corrected chi connectivity index (χ0v) is 15.8. The van der Waals surface area contributed by atoms with Gasteiger partial charge in [-0.05, 0) is 25.5 Å². The van der Waals surface area contributed by atoms with Crippen LogP contribution in [0.3, 0.4) is 0 Å². The minimum atomic E-state index is -0.369. The topological polar surface area (TPSA) is 87.7 Å². The van der Waals surface area contributed by atoms with Crippen LogP contribution in [0.2, 0.25) is 0 Å². The molecule has 2 aromatic rings. The summed E-state index contributed by atoms with van der Waals surface area (Å²) in [5.74, 6) is 2.62. The number of aryl methyl sites for hydroxylation is 1. The molecule has 1 atom stereocenters. The first kappa shape index (κ1) is 18.2. The van der Waals surface area contributed by atoms with Gasteiger partial charge in [-0.25, -0.2) is 4.98 Å². The van der Waals surface area contributed by atoms with Crippen LogP contribution in [0.15, 0.2) is 36.4 Å². The van der Waals surface area contributed by atoms with Crippen molar-refractivity contribution in [1.82, 2.24) is 20.2 Å². The second-order valence-corrected chi connectivity index (χ2v) is 7.00. The van der Waals surface area contributed by atoms with E-state index in [-0.39, 0.29) is 17.9 Å². The Hall–Kier alpha value is -3.16. The maximum atomic E-state index is 12.5. The fourth-order valence-electron chi connectivity index (χ4n) is 3.52. The molecule has 2 aliphatic rings. The Bertz CT molecular complexity index is 865. The maximum absolute atomic E-state index is 12.5. The zero-order chi connectivity index (χ0) is 19.5. The van der Waals surface area contributed by atoms with Crippen LogP contribution in [-0.4, -0.2) is 58.9 Å². The van der Waals surface area contributed by atoms with E-state index in [2.05, 4.69) is 20.2 Å². The summed E-state index contributed by atoms with van der Waals surface area (Å²) in [4.78, 5) is 36.7. The van der Waals surface area contributed by atoms with E-state index >= 15 is 0 Å². The Labute approximate surface area is 163 Å². The van der Waals surface area contributed by atoms with Crippen LogP contribution in [0.5, 0.6) is 11.6 Å². The molecule has 0 aliphatic carbocycles. The Morgan fingerprint density at radius 3 is 2.57 bits per heavy atom. The Morgan fingerprint density at radius 2 is 1.89 bits per heavy atom. The van der Waals surface area contributed by atoms with Crippen molar-refractivity contribution in [3.05, 3.63) is 42.2 Å². The predicted molar refractivity (Wildman–Crippen MR) is 103 cm³/mol. The number of ether oxygens (including phenoxy) is 1. The lowest BCUT2D eigenvalue weighted by Gasteiger charge is -2.36. The highest BCUT2D eigenvalue weighted by atomic mass is 16.5. The molecule has 146 valence electrons. The molecule has 0 radical (unpaired) electrons. The van der Waals surface area contributed by atoms with Gasteiger partial charge < -0.3 is 19.9 Å². The summed E-state index contributed by atoms with van der Waals surface area (Å²) in [5.41, 5.74) is 0. The molecular formula is C20H23N5O3. The molecule has 2 amide bonds. The van der Waals surface area contributed by atoms with Gasteiger partial charge in [0, 0.05) is 38.7 Å². The van der Waals surface area contributed by atoms with Crippen molar-refractivity contribution in [3.8, 4) is 11.6 Å². The van der Waals surface area contributed by atoms with E-state index in [4.69, 9.17) is 4.74 Å². The molecule has 28 heavy (non-hydrogen) atoms. The molecule has 0 spiro atoms. The Morgan fingerprint density at radius 1 is 1.14 bits per heavy atom. The van der Waals surface area contributed by atoms with Gasteiger partial charge >= 0.3 is 0 Å². The molecule has 2 fully saturated rings. The summed E-state index contributed by atoms with van der Waals surface area (Å²) in [6, 6.07) is 11.0. The average Bonchev–Trinajstić information content (AvgIpc) is 3.14. The van der Waals surface area contributed by atoms with E-state index in [0.717, 1.165) is 11.6 Å². The summed E-state index contributed by atoms with van der Waals surface area (Å²) in [5, 5.41) is 2.75. The third-order valence-corrected chi connectivity index (χ3v) is 4.98. The van der Waals surface area contributed by atoms with Crippen molar-refractivity contribution in [2.75, 3.05) is 31.1 Å². The molecular weight excluding hydrogens is 358 g/mol. The smallest absolute Gasteiger partial charge is 0.245 e. The molecule has 2 aliphatic heterocycles. The first-order valence-electron chi connectivity index (χ1n) is 9.50. The molecule has 0 saturated carbocycles. The maximum Gasteiger partial charge on any atom is 0.245 e. The number of rotatable bonds is 4. The van der Waals surface area contributed by atoms with E-state index in [1.165, 1.54) is 0 Å². The van der Waals surface area contributed by atoms with Gasteiger partial charge in [0.2, 0.25) is 17.7 Å². The highest BCUT2D eigenvalue weighted by Crippen LogP contribution is 2.24. The lowest BCUT2D eigenvalue weighted by molar-refractivity contribution is -0.134. The number of hydrogen-bond donors (Lipinski definition) is 1. The van der Waals surface area contributed by atoms with E-state index < -0.39 is 0 Å². The molecule has 2 saturated heterocycles. The third-order valence-electron chi connectivity index (χ3n) is 4.98. The summed E-state index contributed by atoms with van der Waals surface area (Å²) in [7, 11) is 0. The van der Waals surface area contributed by atoms with Gasteiger partial charge in [0.05, 0.1) is 0 Å². The van der Waals surface area contributed by atoms with Crippen molar-refractivity contribution in [2.45, 2.75) is 25.8 Å². The first-order valence-corrected chi connectivity index (χ1v) is 9.50. The van der Waals surface area contributed by atoms with Crippen LogP contribution in [0.1, 0.15) is 18.7 Å². The van der Waals surface area contributed by atoms with Gasteiger partial charge in [-0.3, -0.25) is 9.59 Å². The van der Waals surface area contributed by atoms with Crippen molar-refractivity contribution in [2.24, 2.45) is 0 Å². The van der Waals surface area contributed by atoms with Gasteiger partial charge in [0.15, 0.2) is 0 Å². The van der Waals surface area contributed by atoms with Gasteiger partial charge in [-0.2, -0.15) is 4.98 Å². The molecule has 1 unspecified atom stereocenters. The quantitative estimate of drug-likeness (QED) is 0.864. The number of amides is 2. The number of nitrogens with zero attached hydrogens (tertiary/aromatic N) is 4. The van der Waals surface area contributed by atoms with E-state index in [9.17, 15) is 9.59 Å². The third kappa shape index (κ3) is 4.05. The summed E-state index contributed by atoms with van der Waals surface area (Å²) >= 11 is 0. The van der Waals surface area contributed by atoms with Gasteiger partial charge in [-0.1, -0.05) is 18.2 Å². The Balaban J connectivity index is 1.40. The second kappa shape index (κ2) is 7.84. The van der Waals surface area contributed by atoms with Crippen LogP contribution in [0, 0.1) is 6.92 Å². The molecule has 4 rings (SSSR count). The number of aromatic nitrogens is 2. The number of anilines is 1. The zero-order valence-electron chi connectivity index (χ0n) is 15.8. The largest absolute Gasteiger partial charge is 0.439 e. The van der Waals surface area contributed by atoms with Crippen molar-refractivity contribution in [1.29, 1.82) is 0 Å². The van der Waals surface area contributed by atoms with Crippen LogP contribution < -0.4 is 15.0 Å². The van der Waals surface area contributed by atoms with Crippen LogP contribution in [0.25, 0.3) is 0 Å². The summed E-state index contributed by atoms with van der Waals surface area (Å²) < 4.78 is 5.85. The molecule has 3 heterocycles. The highest BCUT2D eigenvalue weighted by Gasteiger charge is 2.32. The lowest BCUT2D eigenvalue weighted by Crippen LogP contribution is -2.53. The average molecular weight is 381 g/mol. The van der Waals surface area contributed by atoms with E-state index in [0.29, 0.717) is 50.7 Å². The number of hydrogen-bond acceptors (Lipinski definition) is 6. The normalized spacial score (nSPS) is 19.5. The fraction of sp³-hybridized carbons (Fsp3) is 0.400. The van der Waals surface area contributed by atoms with Crippen LogP contribution in [-0.2, 0) is 9.59 Å². The number of nitrogens with one attached hydrogen (secondary N) is 1. The molecule has 1 N–H and O–H groups in total. The number of carbonyl (C=O) groups is 2. The van der Waals surface area contributed by atoms with Gasteiger partial charge in [-0.15, -0.1) is 0 Å². The number of para-hydroxylation sites is 1. The summed E-state index contributed by atoms with van der Waals surface area (Å²) in [6.45, 7) is 4.39.